The first-order chi connectivity index (χ1) is 30.8. The third kappa shape index (κ3) is 4.42. The molecule has 0 aliphatic heterocycles. The van der Waals surface area contributed by atoms with Crippen LogP contribution in [-0.2, 0) is 5.41 Å². The van der Waals surface area contributed by atoms with Gasteiger partial charge in [0, 0.05) is 48.0 Å². The number of thiophene rings is 1. The molecule has 0 N–H and O–H groups in total. The first-order valence-corrected chi connectivity index (χ1v) is 22.2. The summed E-state index contributed by atoms with van der Waals surface area (Å²) in [6, 6.07) is 81.6. The molecule has 0 unspecified atom stereocenters. The molecule has 2 aromatic heterocycles. The van der Waals surface area contributed by atoms with Crippen LogP contribution < -0.4 is 4.90 Å². The predicted molar refractivity (Wildman–Crippen MR) is 262 cm³/mol. The zero-order valence-electron chi connectivity index (χ0n) is 33.6. The van der Waals surface area contributed by atoms with Crippen molar-refractivity contribution in [1.29, 1.82) is 0 Å². The number of hydrogen-bond acceptors (Lipinski definition) is 2. The highest BCUT2D eigenvalue weighted by Gasteiger charge is 2.50. The fourth-order valence-corrected chi connectivity index (χ4v) is 12.5. The molecule has 0 fully saturated rings. The average Bonchev–Trinajstić information content (AvgIpc) is 3.99. The van der Waals surface area contributed by atoms with E-state index in [1.54, 1.807) is 0 Å². The zero-order valence-corrected chi connectivity index (χ0v) is 34.4. The van der Waals surface area contributed by atoms with E-state index in [9.17, 15) is 0 Å². The summed E-state index contributed by atoms with van der Waals surface area (Å²) in [5.74, 6) is 0. The van der Waals surface area contributed by atoms with E-state index in [1.165, 1.54) is 103 Å². The lowest BCUT2D eigenvalue weighted by Gasteiger charge is -2.39. The molecule has 0 saturated heterocycles. The first kappa shape index (κ1) is 34.0. The van der Waals surface area contributed by atoms with Crippen LogP contribution in [0.1, 0.15) is 22.3 Å². The molecule has 2 aliphatic carbocycles. The Hall–Kier alpha value is -7.72. The van der Waals surface area contributed by atoms with Crippen LogP contribution in [0.15, 0.2) is 218 Å². The topological polar surface area (TPSA) is 8.17 Å². The Morgan fingerprint density at radius 3 is 1.81 bits per heavy atom. The van der Waals surface area contributed by atoms with Gasteiger partial charge in [-0.2, -0.15) is 0 Å². The number of benzene rings is 10. The summed E-state index contributed by atoms with van der Waals surface area (Å²) < 4.78 is 5.10. The highest BCUT2D eigenvalue weighted by atomic mass is 32.1. The van der Waals surface area contributed by atoms with Crippen LogP contribution in [0.3, 0.4) is 0 Å². The molecular formula is C59H36N2S. The summed E-state index contributed by atoms with van der Waals surface area (Å²) in [5, 5.41) is 7.80. The minimum absolute atomic E-state index is 0.560. The first-order valence-electron chi connectivity index (χ1n) is 21.4. The fourth-order valence-electron chi connectivity index (χ4n) is 11.4. The average molecular weight is 805 g/mol. The second-order valence-corrected chi connectivity index (χ2v) is 17.8. The van der Waals surface area contributed by atoms with Gasteiger partial charge in [0.25, 0.3) is 0 Å². The van der Waals surface area contributed by atoms with E-state index in [0.29, 0.717) is 0 Å². The van der Waals surface area contributed by atoms with Gasteiger partial charge in [-0.15, -0.1) is 11.3 Å². The maximum atomic E-state index is 2.55. The summed E-state index contributed by atoms with van der Waals surface area (Å²) in [4.78, 5) is 2.51. The van der Waals surface area contributed by atoms with Crippen LogP contribution in [0, 0.1) is 0 Å². The van der Waals surface area contributed by atoms with Crippen molar-refractivity contribution >= 4 is 81.1 Å². The number of nitrogens with zero attached hydrogens (tertiary/aromatic N) is 2. The molecule has 14 rings (SSSR count). The minimum atomic E-state index is -0.560. The van der Waals surface area contributed by atoms with E-state index in [0.717, 1.165) is 17.1 Å². The second-order valence-electron chi connectivity index (χ2n) is 16.8. The van der Waals surface area contributed by atoms with Crippen molar-refractivity contribution in [3.8, 4) is 27.9 Å². The molecule has 0 bridgehead atoms. The van der Waals surface area contributed by atoms with Gasteiger partial charge in [0.2, 0.25) is 0 Å². The molecule has 2 nitrogen and oxygen atoms in total. The van der Waals surface area contributed by atoms with Crippen molar-refractivity contribution in [2.24, 2.45) is 0 Å². The van der Waals surface area contributed by atoms with Crippen molar-refractivity contribution in [2.75, 3.05) is 4.90 Å². The number of anilines is 3. The lowest BCUT2D eigenvalue weighted by atomic mass is 9.63. The molecule has 3 heteroatoms. The van der Waals surface area contributed by atoms with E-state index in [-0.39, 0.29) is 0 Å². The Morgan fingerprint density at radius 1 is 0.387 bits per heavy atom. The highest BCUT2D eigenvalue weighted by molar-refractivity contribution is 7.26. The molecule has 0 amide bonds. The Balaban J connectivity index is 1.12. The van der Waals surface area contributed by atoms with E-state index in [4.69, 9.17) is 0 Å². The maximum absolute atomic E-state index is 2.55. The Bertz CT molecular complexity index is 3760. The third-order valence-corrected chi connectivity index (χ3v) is 14.9. The highest BCUT2D eigenvalue weighted by Crippen LogP contribution is 2.63. The van der Waals surface area contributed by atoms with Crippen molar-refractivity contribution in [3.05, 3.63) is 241 Å². The standard InChI is InChI=1S/C59H36N2S/c1-3-15-37(16-4-1)38-29-32-41(33-30-38)61-51-25-13-24-48-57(51)58-52(61)34-31-39-35-42(36-49(55(39)58)59(48)46-22-10-7-19-43(46)44-20-8-11-23-47(44)59)60(40-17-5-2-6-18-40)50-26-14-28-54-56(50)45-21-9-12-27-53(45)62-54/h1-36H. The molecule has 10 aromatic carbocycles. The van der Waals surface area contributed by atoms with Gasteiger partial charge in [0.1, 0.15) is 0 Å². The van der Waals surface area contributed by atoms with Gasteiger partial charge < -0.3 is 9.47 Å². The summed E-state index contributed by atoms with van der Waals surface area (Å²) in [5.41, 5.74) is 16.9. The van der Waals surface area contributed by atoms with Gasteiger partial charge >= 0.3 is 0 Å². The maximum Gasteiger partial charge on any atom is 0.0727 e. The van der Waals surface area contributed by atoms with Crippen LogP contribution in [-0.4, -0.2) is 4.57 Å². The monoisotopic (exact) mass is 804 g/mol. The van der Waals surface area contributed by atoms with E-state index >= 15 is 0 Å². The fraction of sp³-hybridized carbons (Fsp3) is 0.0169. The molecule has 2 heterocycles. The largest absolute Gasteiger partial charge is 0.310 e. The van der Waals surface area contributed by atoms with Gasteiger partial charge in [-0.1, -0.05) is 152 Å². The molecule has 62 heavy (non-hydrogen) atoms. The van der Waals surface area contributed by atoms with Crippen molar-refractivity contribution < 1.29 is 0 Å². The molecule has 0 saturated carbocycles. The Kier molecular flexibility index (Phi) is 6.95. The molecule has 1 spiro atoms. The summed E-state index contributed by atoms with van der Waals surface area (Å²) in [7, 11) is 0. The molecule has 288 valence electrons. The molecule has 0 radical (unpaired) electrons. The van der Waals surface area contributed by atoms with Gasteiger partial charge in [-0.25, -0.2) is 0 Å². The number of rotatable bonds is 5. The van der Waals surface area contributed by atoms with Gasteiger partial charge in [0.05, 0.1) is 22.1 Å². The number of hydrogen-bond donors (Lipinski definition) is 0. The number of aromatic nitrogens is 1. The van der Waals surface area contributed by atoms with Crippen LogP contribution in [0.25, 0.3) is 80.7 Å². The smallest absolute Gasteiger partial charge is 0.0727 e. The van der Waals surface area contributed by atoms with Crippen LogP contribution >= 0.6 is 11.3 Å². The summed E-state index contributed by atoms with van der Waals surface area (Å²) in [6.07, 6.45) is 0. The van der Waals surface area contributed by atoms with Gasteiger partial charge in [-0.05, 0) is 122 Å². The SMILES string of the molecule is c1ccc(-c2ccc(-n3c4cccc5c4c4c6c(cc(N(c7ccccc7)c7cccc8sc9ccccc9c78)cc6ccc43)C53c4ccccc4-c4ccccc43)cc2)cc1. The van der Waals surface area contributed by atoms with Crippen molar-refractivity contribution in [3.63, 3.8) is 0 Å². The Labute approximate surface area is 362 Å². The quantitative estimate of drug-likeness (QED) is 0.168. The number of fused-ring (bicyclic) bond motifs is 10. The lowest BCUT2D eigenvalue weighted by Crippen LogP contribution is -2.31. The molecule has 2 aliphatic rings. The predicted octanol–water partition coefficient (Wildman–Crippen LogP) is 16.1. The number of para-hydroxylation sites is 1. The van der Waals surface area contributed by atoms with Gasteiger partial charge in [0.15, 0.2) is 0 Å². The van der Waals surface area contributed by atoms with E-state index in [1.807, 2.05) is 11.3 Å². The van der Waals surface area contributed by atoms with Crippen LogP contribution in [0.2, 0.25) is 0 Å². The van der Waals surface area contributed by atoms with Crippen LogP contribution in [0.4, 0.5) is 17.1 Å². The molecular weight excluding hydrogens is 769 g/mol. The zero-order chi connectivity index (χ0) is 40.5. The summed E-state index contributed by atoms with van der Waals surface area (Å²) in [6.45, 7) is 0. The second kappa shape index (κ2) is 12.7. The van der Waals surface area contributed by atoms with Crippen molar-refractivity contribution in [1.82, 2.24) is 4.57 Å². The van der Waals surface area contributed by atoms with E-state index < -0.39 is 5.41 Å². The molecule has 12 aromatic rings. The van der Waals surface area contributed by atoms with Gasteiger partial charge in [-0.3, -0.25) is 0 Å². The minimum Gasteiger partial charge on any atom is -0.310 e. The summed E-state index contributed by atoms with van der Waals surface area (Å²) >= 11 is 1.87. The normalized spacial score (nSPS) is 13.3. The molecule has 0 atom stereocenters. The lowest BCUT2D eigenvalue weighted by molar-refractivity contribution is 0.783. The van der Waals surface area contributed by atoms with Crippen LogP contribution in [0.5, 0.6) is 0 Å². The van der Waals surface area contributed by atoms with E-state index in [2.05, 4.69) is 228 Å². The van der Waals surface area contributed by atoms with Crippen molar-refractivity contribution in [2.45, 2.75) is 5.41 Å². The third-order valence-electron chi connectivity index (χ3n) is 13.7. The Morgan fingerprint density at radius 2 is 1.02 bits per heavy atom.